The lowest BCUT2D eigenvalue weighted by atomic mass is 9.85. The summed E-state index contributed by atoms with van der Waals surface area (Å²) in [4.78, 5) is 24.6. The number of likely N-dealkylation sites (N-methyl/N-ethyl adjacent to an activating group) is 1. The number of sulfone groups is 1. The summed E-state index contributed by atoms with van der Waals surface area (Å²) in [5, 5.41) is 7.75. The maximum atomic E-state index is 12.9. The molecule has 2 fully saturated rings. The summed E-state index contributed by atoms with van der Waals surface area (Å²) < 4.78 is 30.7. The van der Waals surface area contributed by atoms with E-state index < -0.39 is 9.84 Å². The van der Waals surface area contributed by atoms with Gasteiger partial charge in [-0.25, -0.2) is 13.4 Å². The molecule has 0 unspecified atom stereocenters. The van der Waals surface area contributed by atoms with Gasteiger partial charge in [-0.3, -0.25) is 4.79 Å². The number of benzene rings is 1. The summed E-state index contributed by atoms with van der Waals surface area (Å²) >= 11 is 0. The van der Waals surface area contributed by atoms with Crippen LogP contribution >= 0.6 is 0 Å². The number of rotatable bonds is 11. The minimum absolute atomic E-state index is 0.0753. The maximum Gasteiger partial charge on any atom is 0.224 e. The van der Waals surface area contributed by atoms with E-state index in [1.165, 1.54) is 6.26 Å². The molecule has 2 N–H and O–H groups in total. The van der Waals surface area contributed by atoms with Gasteiger partial charge in [-0.05, 0) is 82.3 Å². The number of anilines is 1. The highest BCUT2D eigenvalue weighted by atomic mass is 32.2. The molecule has 0 spiro atoms. The molecule has 3 heterocycles. The molecule has 1 saturated carbocycles. The molecule has 3 aromatic rings. The monoisotopic (exact) mass is 582 g/mol. The number of ether oxygens (including phenoxy) is 1. The molecule has 41 heavy (non-hydrogen) atoms. The SMILES string of the molecule is CCN1CCC[C@@H](NC(=O)C2CCC(Nc3nccc(-n4ccc5c(OCCCS(C)(=O)=O)cccc54)n3)CC2)C1. The molecular formula is C30H42N6O4S. The van der Waals surface area contributed by atoms with Gasteiger partial charge >= 0.3 is 0 Å². The van der Waals surface area contributed by atoms with Gasteiger partial charge in [0.05, 0.1) is 17.9 Å². The van der Waals surface area contributed by atoms with Crippen LogP contribution in [0.4, 0.5) is 5.95 Å². The van der Waals surface area contributed by atoms with Crippen LogP contribution in [0.2, 0.25) is 0 Å². The van der Waals surface area contributed by atoms with Crippen molar-refractivity contribution in [3.8, 4) is 11.6 Å². The van der Waals surface area contributed by atoms with Crippen molar-refractivity contribution in [2.45, 2.75) is 64.0 Å². The lowest BCUT2D eigenvalue weighted by Crippen LogP contribution is -2.49. The van der Waals surface area contributed by atoms with Gasteiger partial charge < -0.3 is 24.8 Å². The fourth-order valence-electron chi connectivity index (χ4n) is 5.98. The van der Waals surface area contributed by atoms with Crippen LogP contribution in [0, 0.1) is 5.92 Å². The van der Waals surface area contributed by atoms with Crippen molar-refractivity contribution in [2.75, 3.05) is 43.6 Å². The Bertz CT molecular complexity index is 1430. The molecule has 2 aliphatic rings. The van der Waals surface area contributed by atoms with Crippen LogP contribution in [0.5, 0.6) is 5.75 Å². The number of hydrogen-bond donors (Lipinski definition) is 2. The van der Waals surface area contributed by atoms with Gasteiger partial charge in [0.25, 0.3) is 0 Å². The molecule has 0 radical (unpaired) electrons. The van der Waals surface area contributed by atoms with E-state index in [4.69, 9.17) is 9.72 Å². The second-order valence-corrected chi connectivity index (χ2v) is 13.6. The molecule has 1 amide bonds. The van der Waals surface area contributed by atoms with Crippen molar-refractivity contribution in [1.82, 2.24) is 24.8 Å². The third-order valence-corrected chi connectivity index (χ3v) is 9.26. The van der Waals surface area contributed by atoms with E-state index >= 15 is 0 Å². The second-order valence-electron chi connectivity index (χ2n) is 11.4. The Morgan fingerprint density at radius 3 is 2.71 bits per heavy atom. The highest BCUT2D eigenvalue weighted by molar-refractivity contribution is 7.90. The second kappa shape index (κ2) is 13.2. The van der Waals surface area contributed by atoms with Gasteiger partial charge in [0.15, 0.2) is 0 Å². The third kappa shape index (κ3) is 7.77. The normalized spacial score (nSPS) is 22.0. The molecule has 11 heteroatoms. The van der Waals surface area contributed by atoms with Gasteiger partial charge in [-0.2, -0.15) is 4.98 Å². The summed E-state index contributed by atoms with van der Waals surface area (Å²) in [5.41, 5.74) is 0.946. The zero-order chi connectivity index (χ0) is 28.8. The highest BCUT2D eigenvalue weighted by Gasteiger charge is 2.29. The first-order valence-electron chi connectivity index (χ1n) is 14.8. The Hall–Kier alpha value is -3.18. The molecule has 2 aromatic heterocycles. The van der Waals surface area contributed by atoms with Crippen molar-refractivity contribution >= 4 is 32.6 Å². The fraction of sp³-hybridized carbons (Fsp3) is 0.567. The van der Waals surface area contributed by atoms with Crippen molar-refractivity contribution in [2.24, 2.45) is 5.92 Å². The van der Waals surface area contributed by atoms with Gasteiger partial charge in [-0.15, -0.1) is 0 Å². The zero-order valence-corrected chi connectivity index (χ0v) is 24.9. The molecule has 1 aliphatic heterocycles. The van der Waals surface area contributed by atoms with Gasteiger partial charge in [0, 0.05) is 48.6 Å². The summed E-state index contributed by atoms with van der Waals surface area (Å²) in [6.45, 7) is 5.65. The lowest BCUT2D eigenvalue weighted by molar-refractivity contribution is -0.127. The Morgan fingerprint density at radius 1 is 1.10 bits per heavy atom. The largest absolute Gasteiger partial charge is 0.493 e. The van der Waals surface area contributed by atoms with E-state index in [0.29, 0.717) is 24.7 Å². The number of hydrogen-bond acceptors (Lipinski definition) is 8. The standard InChI is InChI=1S/C30H42N6O4S/c1-3-35-17-5-7-24(21-35)32-29(37)22-10-12-23(13-11-22)33-30-31-16-14-28(34-30)36-18-15-25-26(36)8-4-9-27(25)40-19-6-20-41(2,38)39/h4,8-9,14-16,18,22-24H,3,5-7,10-13,17,19-21H2,1-2H3,(H,32,37)(H,31,33,34)/t22?,23?,24-/m1/s1. The number of likely N-dealkylation sites (tertiary alicyclic amines) is 1. The number of aromatic nitrogens is 3. The number of nitrogens with one attached hydrogen (secondary N) is 2. The van der Waals surface area contributed by atoms with Crippen LogP contribution in [-0.2, 0) is 14.6 Å². The predicted molar refractivity (Wildman–Crippen MR) is 161 cm³/mol. The quantitative estimate of drug-likeness (QED) is 0.328. The van der Waals surface area contributed by atoms with Gasteiger partial charge in [0.1, 0.15) is 21.4 Å². The summed E-state index contributed by atoms with van der Waals surface area (Å²) in [6, 6.07) is 10.2. The number of nitrogens with zero attached hydrogens (tertiary/aromatic N) is 4. The minimum Gasteiger partial charge on any atom is -0.493 e. The average molecular weight is 583 g/mol. The number of carbonyl (C=O) groups is 1. The van der Waals surface area contributed by atoms with Gasteiger partial charge in [0.2, 0.25) is 11.9 Å². The predicted octanol–water partition coefficient (Wildman–Crippen LogP) is 3.81. The first-order chi connectivity index (χ1) is 19.8. The molecule has 0 bridgehead atoms. The fourth-order valence-corrected chi connectivity index (χ4v) is 6.63. The zero-order valence-electron chi connectivity index (χ0n) is 24.1. The molecule has 10 nitrogen and oxygen atoms in total. The number of carbonyl (C=O) groups excluding carboxylic acids is 1. The van der Waals surface area contributed by atoms with E-state index in [-0.39, 0.29) is 29.7 Å². The minimum atomic E-state index is -3.01. The van der Waals surface area contributed by atoms with Crippen molar-refractivity contribution in [3.05, 3.63) is 42.7 Å². The maximum absolute atomic E-state index is 12.9. The Kier molecular flexibility index (Phi) is 9.44. The van der Waals surface area contributed by atoms with E-state index in [1.54, 1.807) is 6.20 Å². The van der Waals surface area contributed by atoms with Crippen LogP contribution in [0.3, 0.4) is 0 Å². The number of piperidine rings is 1. The Labute approximate surface area is 242 Å². The van der Waals surface area contributed by atoms with E-state index in [2.05, 4.69) is 27.4 Å². The van der Waals surface area contributed by atoms with E-state index in [9.17, 15) is 13.2 Å². The van der Waals surface area contributed by atoms with Crippen LogP contribution < -0.4 is 15.4 Å². The van der Waals surface area contributed by atoms with Crippen LogP contribution in [-0.4, -0.2) is 84.1 Å². The molecule has 222 valence electrons. The topological polar surface area (TPSA) is 118 Å². The molecular weight excluding hydrogens is 540 g/mol. The smallest absolute Gasteiger partial charge is 0.224 e. The Morgan fingerprint density at radius 2 is 1.93 bits per heavy atom. The van der Waals surface area contributed by atoms with Crippen molar-refractivity contribution < 1.29 is 17.9 Å². The number of fused-ring (bicyclic) bond motifs is 1. The van der Waals surface area contributed by atoms with Crippen molar-refractivity contribution in [1.29, 1.82) is 0 Å². The third-order valence-electron chi connectivity index (χ3n) is 8.23. The summed E-state index contributed by atoms with van der Waals surface area (Å²) in [6.07, 6.45) is 11.2. The first-order valence-corrected chi connectivity index (χ1v) is 16.9. The van der Waals surface area contributed by atoms with Crippen LogP contribution in [0.15, 0.2) is 42.7 Å². The molecule has 1 aliphatic carbocycles. The van der Waals surface area contributed by atoms with E-state index in [1.807, 2.05) is 41.1 Å². The summed E-state index contributed by atoms with van der Waals surface area (Å²) in [7, 11) is -3.01. The first kappa shape index (κ1) is 29.3. The summed E-state index contributed by atoms with van der Waals surface area (Å²) in [5.74, 6) is 2.43. The number of amides is 1. The average Bonchev–Trinajstić information content (AvgIpc) is 3.40. The molecule has 1 saturated heterocycles. The van der Waals surface area contributed by atoms with Crippen LogP contribution in [0.25, 0.3) is 16.7 Å². The van der Waals surface area contributed by atoms with Crippen LogP contribution in [0.1, 0.15) is 51.9 Å². The Balaban J connectivity index is 1.16. The van der Waals surface area contributed by atoms with Crippen molar-refractivity contribution in [3.63, 3.8) is 0 Å². The van der Waals surface area contributed by atoms with E-state index in [0.717, 1.165) is 74.9 Å². The highest BCUT2D eigenvalue weighted by Crippen LogP contribution is 2.30. The molecule has 1 atom stereocenters. The van der Waals surface area contributed by atoms with Gasteiger partial charge in [-0.1, -0.05) is 13.0 Å². The lowest BCUT2D eigenvalue weighted by Gasteiger charge is -2.34. The molecule has 5 rings (SSSR count). The molecule has 1 aromatic carbocycles.